The van der Waals surface area contributed by atoms with Crippen LogP contribution in [0.15, 0.2) is 0 Å². The summed E-state index contributed by atoms with van der Waals surface area (Å²) in [6, 6.07) is -1.30. The summed E-state index contributed by atoms with van der Waals surface area (Å²) in [4.78, 5) is 23.0. The average Bonchev–Trinajstić information content (AvgIpc) is 2.76. The molecule has 5 nitrogen and oxygen atoms in total. The van der Waals surface area contributed by atoms with Gasteiger partial charge in [0.15, 0.2) is 5.41 Å². The van der Waals surface area contributed by atoms with Gasteiger partial charge in [-0.05, 0) is 25.3 Å². The number of alkyl halides is 3. The minimum atomic E-state index is -4.71. The normalized spacial score (nSPS) is 24.7. The first-order valence-electron chi connectivity index (χ1n) is 6.41. The Hall–Kier alpha value is -1.31. The van der Waals surface area contributed by atoms with E-state index in [0.29, 0.717) is 0 Å². The van der Waals surface area contributed by atoms with Crippen molar-refractivity contribution in [3.8, 4) is 0 Å². The summed E-state index contributed by atoms with van der Waals surface area (Å²) in [7, 11) is 0. The molecule has 0 bridgehead atoms. The van der Waals surface area contributed by atoms with Gasteiger partial charge in [0.05, 0.1) is 0 Å². The van der Waals surface area contributed by atoms with Crippen LogP contribution >= 0.6 is 0 Å². The molecule has 1 amide bonds. The number of amides is 1. The summed E-state index contributed by atoms with van der Waals surface area (Å²) in [5.41, 5.74) is -2.53. The van der Waals surface area contributed by atoms with E-state index in [1.165, 1.54) is 0 Å². The monoisotopic (exact) mass is 296 g/mol. The van der Waals surface area contributed by atoms with Crippen LogP contribution in [0.2, 0.25) is 0 Å². The SMILES string of the molecule is CC(C)C[C@@H](NC(=O)C1(C(F)(F)F)CCNC1)C(=O)O. The van der Waals surface area contributed by atoms with Crippen molar-refractivity contribution in [2.45, 2.75) is 38.9 Å². The number of carbonyl (C=O) groups is 2. The van der Waals surface area contributed by atoms with Crippen LogP contribution in [0.5, 0.6) is 0 Å². The van der Waals surface area contributed by atoms with Gasteiger partial charge in [-0.2, -0.15) is 13.2 Å². The van der Waals surface area contributed by atoms with E-state index in [-0.39, 0.29) is 25.3 Å². The number of hydrogen-bond acceptors (Lipinski definition) is 3. The number of nitrogens with one attached hydrogen (secondary N) is 2. The van der Waals surface area contributed by atoms with Gasteiger partial charge in [-0.1, -0.05) is 13.8 Å². The van der Waals surface area contributed by atoms with Crippen molar-refractivity contribution in [1.82, 2.24) is 10.6 Å². The van der Waals surface area contributed by atoms with Crippen LogP contribution < -0.4 is 10.6 Å². The largest absolute Gasteiger partial charge is 0.480 e. The molecule has 0 radical (unpaired) electrons. The standard InChI is InChI=1S/C12H19F3N2O3/c1-7(2)5-8(9(18)19)17-10(20)11(12(13,14)15)3-4-16-6-11/h7-8,16H,3-6H2,1-2H3,(H,17,20)(H,18,19)/t8-,11?/m1/s1. The van der Waals surface area contributed by atoms with Crippen LogP contribution in [0.25, 0.3) is 0 Å². The zero-order valence-corrected chi connectivity index (χ0v) is 11.4. The zero-order chi connectivity index (χ0) is 15.6. The van der Waals surface area contributed by atoms with Gasteiger partial charge >= 0.3 is 12.1 Å². The van der Waals surface area contributed by atoms with Gasteiger partial charge in [0, 0.05) is 6.54 Å². The van der Waals surface area contributed by atoms with Crippen molar-refractivity contribution in [3.63, 3.8) is 0 Å². The predicted molar refractivity (Wildman–Crippen MR) is 65.0 cm³/mol. The third kappa shape index (κ3) is 3.41. The van der Waals surface area contributed by atoms with Crippen LogP contribution in [-0.4, -0.2) is 42.3 Å². The highest BCUT2D eigenvalue weighted by Gasteiger charge is 2.61. The third-order valence-electron chi connectivity index (χ3n) is 3.44. The van der Waals surface area contributed by atoms with E-state index in [1.54, 1.807) is 13.8 Å². The Morgan fingerprint density at radius 1 is 1.40 bits per heavy atom. The smallest absolute Gasteiger partial charge is 0.404 e. The average molecular weight is 296 g/mol. The molecule has 2 atom stereocenters. The van der Waals surface area contributed by atoms with E-state index >= 15 is 0 Å². The summed E-state index contributed by atoms with van der Waals surface area (Å²) in [6.07, 6.45) is -5.00. The molecule has 1 rings (SSSR count). The van der Waals surface area contributed by atoms with Crippen LogP contribution in [0.1, 0.15) is 26.7 Å². The van der Waals surface area contributed by atoms with E-state index in [4.69, 9.17) is 5.11 Å². The van der Waals surface area contributed by atoms with Crippen LogP contribution in [0, 0.1) is 11.3 Å². The number of carboxylic acids is 1. The fourth-order valence-corrected chi connectivity index (χ4v) is 2.25. The molecular formula is C12H19F3N2O3. The fourth-order valence-electron chi connectivity index (χ4n) is 2.25. The van der Waals surface area contributed by atoms with Crippen LogP contribution in [0.3, 0.4) is 0 Å². The quantitative estimate of drug-likeness (QED) is 0.711. The Bertz CT molecular complexity index is 377. The molecule has 20 heavy (non-hydrogen) atoms. The Kier molecular flexibility index (Phi) is 5.01. The molecule has 0 aromatic carbocycles. The maximum absolute atomic E-state index is 13.1. The highest BCUT2D eigenvalue weighted by molar-refractivity contribution is 5.88. The number of carbonyl (C=O) groups excluding carboxylic acids is 1. The lowest BCUT2D eigenvalue weighted by Gasteiger charge is -2.31. The van der Waals surface area contributed by atoms with Crippen molar-refractivity contribution in [2.24, 2.45) is 11.3 Å². The second-order valence-corrected chi connectivity index (χ2v) is 5.50. The molecule has 0 aliphatic carbocycles. The minimum Gasteiger partial charge on any atom is -0.480 e. The van der Waals surface area contributed by atoms with E-state index in [9.17, 15) is 22.8 Å². The molecular weight excluding hydrogens is 277 g/mol. The van der Waals surface area contributed by atoms with Crippen molar-refractivity contribution >= 4 is 11.9 Å². The number of hydrogen-bond donors (Lipinski definition) is 3. The third-order valence-corrected chi connectivity index (χ3v) is 3.44. The molecule has 1 saturated heterocycles. The van der Waals surface area contributed by atoms with Gasteiger partial charge in [0.2, 0.25) is 5.91 Å². The highest BCUT2D eigenvalue weighted by Crippen LogP contribution is 2.43. The van der Waals surface area contributed by atoms with Crippen molar-refractivity contribution < 1.29 is 27.9 Å². The summed E-state index contributed by atoms with van der Waals surface area (Å²) in [5, 5.41) is 13.5. The van der Waals surface area contributed by atoms with Crippen LogP contribution in [-0.2, 0) is 9.59 Å². The summed E-state index contributed by atoms with van der Waals surface area (Å²) in [5.74, 6) is -2.64. The topological polar surface area (TPSA) is 78.4 Å². The lowest BCUT2D eigenvalue weighted by atomic mass is 9.84. The first kappa shape index (κ1) is 16.7. The Morgan fingerprint density at radius 2 is 2.00 bits per heavy atom. The number of carboxylic acid groups (broad SMARTS) is 1. The second kappa shape index (κ2) is 5.99. The first-order valence-corrected chi connectivity index (χ1v) is 6.41. The van der Waals surface area contributed by atoms with E-state index in [1.807, 2.05) is 5.32 Å². The van der Waals surface area contributed by atoms with Crippen molar-refractivity contribution in [1.29, 1.82) is 0 Å². The molecule has 0 spiro atoms. The number of aliphatic carboxylic acids is 1. The van der Waals surface area contributed by atoms with Crippen LogP contribution in [0.4, 0.5) is 13.2 Å². The van der Waals surface area contributed by atoms with E-state index in [2.05, 4.69) is 5.32 Å². The molecule has 1 aliphatic heterocycles. The number of halogens is 3. The number of rotatable bonds is 5. The zero-order valence-electron chi connectivity index (χ0n) is 11.4. The molecule has 3 N–H and O–H groups in total. The molecule has 8 heteroatoms. The van der Waals surface area contributed by atoms with Gasteiger partial charge in [-0.3, -0.25) is 4.79 Å². The first-order chi connectivity index (χ1) is 9.10. The van der Waals surface area contributed by atoms with Gasteiger partial charge < -0.3 is 15.7 Å². The Labute approximate surface area is 114 Å². The van der Waals surface area contributed by atoms with E-state index < -0.39 is 36.1 Å². The van der Waals surface area contributed by atoms with Gasteiger partial charge in [0.25, 0.3) is 0 Å². The predicted octanol–water partition coefficient (Wildman–Crippen LogP) is 1.14. The molecule has 1 heterocycles. The fraction of sp³-hybridized carbons (Fsp3) is 0.833. The second-order valence-electron chi connectivity index (χ2n) is 5.50. The van der Waals surface area contributed by atoms with Crippen molar-refractivity contribution in [2.75, 3.05) is 13.1 Å². The molecule has 1 unspecified atom stereocenters. The Balaban J connectivity index is 2.88. The van der Waals surface area contributed by atoms with Crippen molar-refractivity contribution in [3.05, 3.63) is 0 Å². The molecule has 1 aliphatic rings. The molecule has 116 valence electrons. The van der Waals surface area contributed by atoms with E-state index in [0.717, 1.165) is 0 Å². The minimum absolute atomic E-state index is 0.0556. The maximum atomic E-state index is 13.1. The highest BCUT2D eigenvalue weighted by atomic mass is 19.4. The van der Waals surface area contributed by atoms with Gasteiger partial charge in [-0.25, -0.2) is 4.79 Å². The summed E-state index contributed by atoms with van der Waals surface area (Å²) >= 11 is 0. The van der Waals surface area contributed by atoms with Gasteiger partial charge in [0.1, 0.15) is 6.04 Å². The Morgan fingerprint density at radius 3 is 2.35 bits per heavy atom. The summed E-state index contributed by atoms with van der Waals surface area (Å²) < 4.78 is 39.4. The lowest BCUT2D eigenvalue weighted by molar-refractivity contribution is -0.216. The molecule has 0 aromatic heterocycles. The lowest BCUT2D eigenvalue weighted by Crippen LogP contribution is -2.56. The molecule has 1 fully saturated rings. The maximum Gasteiger partial charge on any atom is 0.404 e. The molecule has 0 saturated carbocycles. The molecule has 0 aromatic rings. The summed E-state index contributed by atoms with van der Waals surface area (Å²) in [6.45, 7) is 3.03. The van der Waals surface area contributed by atoms with Gasteiger partial charge in [-0.15, -0.1) is 0 Å².